The molecule has 0 atom stereocenters. The molecule has 0 aliphatic rings. The van der Waals surface area contributed by atoms with Crippen molar-refractivity contribution in [2.45, 2.75) is 20.8 Å². The number of ether oxygens (including phenoxy) is 2. The molecule has 0 bridgehead atoms. The summed E-state index contributed by atoms with van der Waals surface area (Å²) in [5.41, 5.74) is 2.30. The van der Waals surface area contributed by atoms with Crippen LogP contribution >= 0.6 is 0 Å². The Balaban J connectivity index is 2.49. The van der Waals surface area contributed by atoms with Crippen LogP contribution in [0.1, 0.15) is 19.4 Å². The highest BCUT2D eigenvalue weighted by Gasteiger charge is 2.27. The van der Waals surface area contributed by atoms with Crippen LogP contribution in [0.2, 0.25) is 0 Å². The molecule has 0 spiro atoms. The van der Waals surface area contributed by atoms with Gasteiger partial charge in [-0.3, -0.25) is 0 Å². The summed E-state index contributed by atoms with van der Waals surface area (Å²) in [4.78, 5) is 24.9. The zero-order valence-electron chi connectivity index (χ0n) is 15.7. The number of anilines is 2. The first kappa shape index (κ1) is 20.0. The van der Waals surface area contributed by atoms with E-state index in [-0.39, 0.29) is 24.6 Å². The fourth-order valence-electron chi connectivity index (χ4n) is 2.30. The van der Waals surface area contributed by atoms with Crippen molar-refractivity contribution in [2.75, 3.05) is 23.8 Å². The molecular weight excluding hydrogens is 344 g/mol. The molecule has 2 N–H and O–H groups in total. The number of carbonyl (C=O) groups excluding carboxylic acids is 2. The number of nitrogens with one attached hydrogen (secondary N) is 2. The van der Waals surface area contributed by atoms with Gasteiger partial charge in [-0.25, -0.2) is 9.59 Å². The number of esters is 2. The van der Waals surface area contributed by atoms with Gasteiger partial charge in [-0.2, -0.15) is 0 Å². The van der Waals surface area contributed by atoms with Crippen LogP contribution in [-0.2, 0) is 19.1 Å². The standard InChI is InChI=1S/C21H24N2O4/c1-4-26-20(24)18(21(25)27-5-2)19(22-16-9-7-6-8-10-16)23-17-13-11-15(3)12-14-17/h6-14,22-23H,4-5H2,1-3H3. The van der Waals surface area contributed by atoms with E-state index in [1.54, 1.807) is 13.8 Å². The van der Waals surface area contributed by atoms with Gasteiger partial charge in [0, 0.05) is 11.4 Å². The lowest BCUT2D eigenvalue weighted by Gasteiger charge is -2.18. The first-order valence-corrected chi connectivity index (χ1v) is 8.79. The molecule has 0 aromatic heterocycles. The molecule has 0 aliphatic heterocycles. The van der Waals surface area contributed by atoms with E-state index >= 15 is 0 Å². The van der Waals surface area contributed by atoms with Crippen molar-refractivity contribution >= 4 is 23.3 Å². The quantitative estimate of drug-likeness (QED) is 0.319. The zero-order chi connectivity index (χ0) is 19.6. The SMILES string of the molecule is CCOC(=O)C(C(=O)OCC)=C(Nc1ccccc1)Nc1ccc(C)cc1. The van der Waals surface area contributed by atoms with E-state index in [1.807, 2.05) is 61.5 Å². The van der Waals surface area contributed by atoms with Crippen molar-refractivity contribution in [1.82, 2.24) is 0 Å². The van der Waals surface area contributed by atoms with E-state index in [0.29, 0.717) is 11.4 Å². The molecule has 0 saturated carbocycles. The Labute approximate surface area is 159 Å². The summed E-state index contributed by atoms with van der Waals surface area (Å²) < 4.78 is 10.1. The third-order valence-electron chi connectivity index (χ3n) is 3.57. The lowest BCUT2D eigenvalue weighted by molar-refractivity contribution is -0.146. The number of benzene rings is 2. The summed E-state index contributed by atoms with van der Waals surface area (Å²) in [7, 11) is 0. The van der Waals surface area contributed by atoms with Gasteiger partial charge in [0.25, 0.3) is 0 Å². The van der Waals surface area contributed by atoms with Crippen LogP contribution in [-0.4, -0.2) is 25.2 Å². The highest BCUT2D eigenvalue weighted by atomic mass is 16.6. The molecular formula is C21H24N2O4. The predicted octanol–water partition coefficient (Wildman–Crippen LogP) is 3.86. The van der Waals surface area contributed by atoms with Gasteiger partial charge in [-0.15, -0.1) is 0 Å². The average Bonchev–Trinajstić information content (AvgIpc) is 2.65. The molecule has 0 unspecified atom stereocenters. The fraction of sp³-hybridized carbons (Fsp3) is 0.238. The monoisotopic (exact) mass is 368 g/mol. The molecule has 0 fully saturated rings. The first-order chi connectivity index (χ1) is 13.0. The van der Waals surface area contributed by atoms with Crippen molar-refractivity contribution < 1.29 is 19.1 Å². The minimum absolute atomic E-state index is 0.144. The number of aryl methyl sites for hydroxylation is 1. The van der Waals surface area contributed by atoms with Gasteiger partial charge >= 0.3 is 11.9 Å². The van der Waals surface area contributed by atoms with E-state index in [1.165, 1.54) is 0 Å². The van der Waals surface area contributed by atoms with E-state index in [9.17, 15) is 9.59 Å². The van der Waals surface area contributed by atoms with Crippen molar-refractivity contribution in [1.29, 1.82) is 0 Å². The molecule has 2 aromatic carbocycles. The van der Waals surface area contributed by atoms with Crippen molar-refractivity contribution in [3.63, 3.8) is 0 Å². The minimum atomic E-state index is -0.756. The molecule has 0 heterocycles. The second-order valence-corrected chi connectivity index (χ2v) is 5.67. The highest BCUT2D eigenvalue weighted by molar-refractivity contribution is 6.15. The van der Waals surface area contributed by atoms with Gasteiger partial charge < -0.3 is 20.1 Å². The fourth-order valence-corrected chi connectivity index (χ4v) is 2.30. The summed E-state index contributed by atoms with van der Waals surface area (Å²) >= 11 is 0. The Bertz CT molecular complexity index is 779. The van der Waals surface area contributed by atoms with E-state index in [2.05, 4.69) is 10.6 Å². The molecule has 2 rings (SSSR count). The largest absolute Gasteiger partial charge is 0.462 e. The van der Waals surface area contributed by atoms with Crippen molar-refractivity contribution in [2.24, 2.45) is 0 Å². The number of hydrogen-bond acceptors (Lipinski definition) is 6. The van der Waals surface area contributed by atoms with Crippen molar-refractivity contribution in [3.05, 3.63) is 71.6 Å². The molecule has 6 heteroatoms. The van der Waals surface area contributed by atoms with Crippen LogP contribution in [0.3, 0.4) is 0 Å². The Morgan fingerprint density at radius 2 is 1.26 bits per heavy atom. The van der Waals surface area contributed by atoms with Crippen molar-refractivity contribution in [3.8, 4) is 0 Å². The molecule has 6 nitrogen and oxygen atoms in total. The van der Waals surface area contributed by atoms with Crippen LogP contribution < -0.4 is 10.6 Å². The van der Waals surface area contributed by atoms with E-state index in [0.717, 1.165) is 5.56 Å². The van der Waals surface area contributed by atoms with E-state index < -0.39 is 11.9 Å². The second-order valence-electron chi connectivity index (χ2n) is 5.67. The third-order valence-corrected chi connectivity index (χ3v) is 3.57. The van der Waals surface area contributed by atoms with Crippen LogP contribution in [0.15, 0.2) is 66.0 Å². The second kappa shape index (κ2) is 10.0. The number of hydrogen-bond donors (Lipinski definition) is 2. The van der Waals surface area contributed by atoms with Gasteiger partial charge in [-0.05, 0) is 45.0 Å². The van der Waals surface area contributed by atoms with Gasteiger partial charge in [0.15, 0.2) is 5.57 Å². The average molecular weight is 368 g/mol. The molecule has 0 aliphatic carbocycles. The Morgan fingerprint density at radius 3 is 1.74 bits per heavy atom. The van der Waals surface area contributed by atoms with Crippen LogP contribution in [0.25, 0.3) is 0 Å². The molecule has 142 valence electrons. The topological polar surface area (TPSA) is 76.7 Å². The first-order valence-electron chi connectivity index (χ1n) is 8.79. The van der Waals surface area contributed by atoms with Crippen LogP contribution in [0.5, 0.6) is 0 Å². The zero-order valence-corrected chi connectivity index (χ0v) is 15.7. The Morgan fingerprint density at radius 1 is 0.778 bits per heavy atom. The predicted molar refractivity (Wildman–Crippen MR) is 105 cm³/mol. The summed E-state index contributed by atoms with van der Waals surface area (Å²) in [6.45, 7) is 5.62. The third kappa shape index (κ3) is 5.88. The molecule has 2 aromatic rings. The number of rotatable bonds is 8. The summed E-state index contributed by atoms with van der Waals surface area (Å²) in [5.74, 6) is -1.31. The Hall–Kier alpha value is -3.28. The lowest BCUT2D eigenvalue weighted by Crippen LogP contribution is -2.26. The molecule has 0 saturated heterocycles. The minimum Gasteiger partial charge on any atom is -0.462 e. The number of carbonyl (C=O) groups is 2. The van der Waals surface area contributed by atoms with Gasteiger partial charge in [0.1, 0.15) is 5.82 Å². The normalized spacial score (nSPS) is 9.89. The summed E-state index contributed by atoms with van der Waals surface area (Å²) in [5, 5.41) is 6.19. The maximum Gasteiger partial charge on any atom is 0.349 e. The van der Waals surface area contributed by atoms with Gasteiger partial charge in [0.2, 0.25) is 0 Å². The summed E-state index contributed by atoms with van der Waals surface area (Å²) in [6.07, 6.45) is 0. The molecule has 0 radical (unpaired) electrons. The highest BCUT2D eigenvalue weighted by Crippen LogP contribution is 2.19. The maximum absolute atomic E-state index is 12.5. The van der Waals surface area contributed by atoms with E-state index in [4.69, 9.17) is 9.47 Å². The molecule has 0 amide bonds. The smallest absolute Gasteiger partial charge is 0.349 e. The van der Waals surface area contributed by atoms with Gasteiger partial charge in [-0.1, -0.05) is 35.9 Å². The Kier molecular flexibility index (Phi) is 7.43. The summed E-state index contributed by atoms with van der Waals surface area (Å²) in [6, 6.07) is 16.8. The maximum atomic E-state index is 12.5. The molecule has 27 heavy (non-hydrogen) atoms. The van der Waals surface area contributed by atoms with Crippen LogP contribution in [0, 0.1) is 6.92 Å². The number of para-hydroxylation sites is 1. The van der Waals surface area contributed by atoms with Gasteiger partial charge in [0.05, 0.1) is 13.2 Å². The van der Waals surface area contributed by atoms with Crippen LogP contribution in [0.4, 0.5) is 11.4 Å². The lowest BCUT2D eigenvalue weighted by atomic mass is 10.2.